The molecule has 2 aromatic carbocycles. The number of H-pyrrole nitrogens is 1. The maximum absolute atomic E-state index is 12.3. The summed E-state index contributed by atoms with van der Waals surface area (Å²) in [6, 6.07) is 9.74. The molecule has 0 aliphatic rings. The number of carbonyl (C=O) groups excluding carboxylic acids is 2. The van der Waals surface area contributed by atoms with Crippen LogP contribution in [0.25, 0.3) is 21.9 Å². The Morgan fingerprint density at radius 2 is 1.90 bits per heavy atom. The molecule has 9 heteroatoms. The third-order valence-corrected chi connectivity index (χ3v) is 4.74. The normalized spacial score (nSPS) is 10.9. The summed E-state index contributed by atoms with van der Waals surface area (Å²) in [6.45, 7) is -0.226. The zero-order valence-electron chi connectivity index (χ0n) is 16.8. The zero-order chi connectivity index (χ0) is 22.0. The fourth-order valence-corrected chi connectivity index (χ4v) is 3.18. The number of methoxy groups -OCH3 is 2. The van der Waals surface area contributed by atoms with Crippen LogP contribution in [0.2, 0.25) is 0 Å². The van der Waals surface area contributed by atoms with Gasteiger partial charge in [0, 0.05) is 17.0 Å². The van der Waals surface area contributed by atoms with E-state index in [-0.39, 0.29) is 24.4 Å². The smallest absolute Gasteiger partial charge is 0.337 e. The van der Waals surface area contributed by atoms with Gasteiger partial charge in [-0.2, -0.15) is 0 Å². The van der Waals surface area contributed by atoms with Crippen LogP contribution in [0, 0.1) is 0 Å². The molecule has 9 nitrogen and oxygen atoms in total. The molecule has 0 saturated carbocycles. The molecule has 2 aromatic heterocycles. The van der Waals surface area contributed by atoms with Gasteiger partial charge < -0.3 is 23.6 Å². The maximum atomic E-state index is 12.3. The van der Waals surface area contributed by atoms with E-state index in [1.807, 2.05) is 6.07 Å². The van der Waals surface area contributed by atoms with Crippen LogP contribution in [-0.4, -0.2) is 36.1 Å². The minimum atomic E-state index is -0.540. The van der Waals surface area contributed by atoms with Gasteiger partial charge in [-0.3, -0.25) is 9.59 Å². The first-order valence-electron chi connectivity index (χ1n) is 9.29. The highest BCUT2D eigenvalue weighted by Gasteiger charge is 2.14. The van der Waals surface area contributed by atoms with Crippen molar-refractivity contribution in [2.24, 2.45) is 0 Å². The fourth-order valence-electron chi connectivity index (χ4n) is 3.18. The number of nitrogens with one attached hydrogen (secondary N) is 1. The lowest BCUT2D eigenvalue weighted by atomic mass is 10.1. The van der Waals surface area contributed by atoms with Crippen LogP contribution < -0.4 is 10.3 Å². The Morgan fingerprint density at radius 1 is 1.10 bits per heavy atom. The monoisotopic (exact) mass is 422 g/mol. The molecular weight excluding hydrogens is 404 g/mol. The van der Waals surface area contributed by atoms with E-state index in [1.54, 1.807) is 19.2 Å². The van der Waals surface area contributed by atoms with Crippen molar-refractivity contribution in [3.63, 3.8) is 0 Å². The molecule has 0 unspecified atom stereocenters. The van der Waals surface area contributed by atoms with Crippen LogP contribution in [0.3, 0.4) is 0 Å². The minimum Gasteiger partial charge on any atom is -0.497 e. The standard InChI is InChI=1S/C22H18N2O7/c1-28-14-4-6-15-13(10-30-18(15)9-14)8-20(25)31-11-19-23-17-7-12(22(27)29-2)3-5-16(17)21(26)24-19/h3-7,9-10H,8,11H2,1-2H3,(H,23,24,26). The van der Waals surface area contributed by atoms with Gasteiger partial charge >= 0.3 is 11.9 Å². The number of benzene rings is 2. The highest BCUT2D eigenvalue weighted by molar-refractivity contribution is 5.94. The zero-order valence-corrected chi connectivity index (χ0v) is 16.8. The van der Waals surface area contributed by atoms with Crippen LogP contribution in [0.5, 0.6) is 5.75 Å². The molecule has 0 spiro atoms. The molecule has 31 heavy (non-hydrogen) atoms. The number of esters is 2. The van der Waals surface area contributed by atoms with E-state index in [1.165, 1.54) is 31.6 Å². The molecule has 4 rings (SSSR count). The van der Waals surface area contributed by atoms with E-state index < -0.39 is 17.5 Å². The molecule has 0 atom stereocenters. The summed E-state index contributed by atoms with van der Waals surface area (Å²) in [5, 5.41) is 1.09. The number of aromatic nitrogens is 2. The maximum Gasteiger partial charge on any atom is 0.337 e. The molecule has 2 heterocycles. The summed E-state index contributed by atoms with van der Waals surface area (Å²) in [4.78, 5) is 43.1. The van der Waals surface area contributed by atoms with Gasteiger partial charge in [0.25, 0.3) is 5.56 Å². The average Bonchev–Trinajstić information content (AvgIpc) is 3.18. The molecule has 0 bridgehead atoms. The molecule has 0 aliphatic heterocycles. The Labute approximate surface area is 175 Å². The Morgan fingerprint density at radius 3 is 2.68 bits per heavy atom. The second-order valence-electron chi connectivity index (χ2n) is 6.70. The van der Waals surface area contributed by atoms with Crippen molar-refractivity contribution in [3.8, 4) is 5.75 Å². The largest absolute Gasteiger partial charge is 0.497 e. The number of hydrogen-bond acceptors (Lipinski definition) is 8. The second-order valence-corrected chi connectivity index (χ2v) is 6.70. The van der Waals surface area contributed by atoms with Crippen molar-refractivity contribution in [1.82, 2.24) is 9.97 Å². The predicted molar refractivity (Wildman–Crippen MR) is 110 cm³/mol. The van der Waals surface area contributed by atoms with Crippen molar-refractivity contribution in [3.05, 3.63) is 70.0 Å². The predicted octanol–water partition coefficient (Wildman–Crippen LogP) is 2.75. The Bertz CT molecular complexity index is 1350. The summed E-state index contributed by atoms with van der Waals surface area (Å²) in [7, 11) is 2.83. The molecule has 0 fully saturated rings. The van der Waals surface area contributed by atoms with Crippen molar-refractivity contribution in [2.75, 3.05) is 14.2 Å². The van der Waals surface area contributed by atoms with E-state index in [0.29, 0.717) is 27.8 Å². The molecule has 4 aromatic rings. The van der Waals surface area contributed by atoms with E-state index in [2.05, 4.69) is 14.7 Å². The van der Waals surface area contributed by atoms with Crippen LogP contribution in [0.1, 0.15) is 21.7 Å². The summed E-state index contributed by atoms with van der Waals surface area (Å²) in [6.07, 6.45) is 1.49. The molecule has 0 aliphatic carbocycles. The molecular formula is C22H18N2O7. The summed E-state index contributed by atoms with van der Waals surface area (Å²) >= 11 is 0. The third-order valence-electron chi connectivity index (χ3n) is 4.74. The topological polar surface area (TPSA) is 121 Å². The quantitative estimate of drug-likeness (QED) is 0.471. The van der Waals surface area contributed by atoms with E-state index in [4.69, 9.17) is 13.9 Å². The van der Waals surface area contributed by atoms with Gasteiger partial charge in [0.1, 0.15) is 23.8 Å². The lowest BCUT2D eigenvalue weighted by Gasteiger charge is -2.06. The molecule has 0 saturated heterocycles. The Kier molecular flexibility index (Phi) is 5.40. The highest BCUT2D eigenvalue weighted by Crippen LogP contribution is 2.26. The number of fused-ring (bicyclic) bond motifs is 2. The van der Waals surface area contributed by atoms with Crippen molar-refractivity contribution in [1.29, 1.82) is 0 Å². The van der Waals surface area contributed by atoms with Crippen molar-refractivity contribution >= 4 is 33.8 Å². The van der Waals surface area contributed by atoms with Crippen molar-refractivity contribution in [2.45, 2.75) is 13.0 Å². The Balaban J connectivity index is 1.49. The van der Waals surface area contributed by atoms with Gasteiger partial charge in [-0.25, -0.2) is 9.78 Å². The Hall–Kier alpha value is -4.14. The van der Waals surface area contributed by atoms with Crippen LogP contribution >= 0.6 is 0 Å². The summed E-state index contributed by atoms with van der Waals surface area (Å²) in [5.41, 5.74) is 1.43. The van der Waals surface area contributed by atoms with Gasteiger partial charge in [0.15, 0.2) is 0 Å². The SMILES string of the molecule is COC(=O)c1ccc2c(=O)[nH]c(COC(=O)Cc3coc4cc(OC)ccc34)nc2c1. The van der Waals surface area contributed by atoms with Gasteiger partial charge in [0.05, 0.1) is 43.4 Å². The van der Waals surface area contributed by atoms with Gasteiger partial charge in [-0.1, -0.05) is 0 Å². The van der Waals surface area contributed by atoms with E-state index >= 15 is 0 Å². The van der Waals surface area contributed by atoms with Crippen molar-refractivity contribution < 1.29 is 28.2 Å². The number of hydrogen-bond donors (Lipinski definition) is 1. The number of aromatic amines is 1. The number of ether oxygens (including phenoxy) is 3. The van der Waals surface area contributed by atoms with E-state index in [0.717, 1.165) is 5.39 Å². The number of nitrogens with zero attached hydrogens (tertiary/aromatic N) is 1. The average molecular weight is 422 g/mol. The molecule has 1 N–H and O–H groups in total. The third kappa shape index (κ3) is 4.11. The van der Waals surface area contributed by atoms with Crippen LogP contribution in [0.15, 0.2) is 51.9 Å². The summed E-state index contributed by atoms with van der Waals surface area (Å²) in [5.74, 6) is -0.237. The van der Waals surface area contributed by atoms with E-state index in [9.17, 15) is 14.4 Å². The first kappa shape index (κ1) is 20.1. The lowest BCUT2D eigenvalue weighted by Crippen LogP contribution is -2.15. The first-order chi connectivity index (χ1) is 15.0. The minimum absolute atomic E-state index is 0.0103. The fraction of sp³-hybridized carbons (Fsp3) is 0.182. The molecule has 158 valence electrons. The van der Waals surface area contributed by atoms with Crippen LogP contribution in [0.4, 0.5) is 0 Å². The first-order valence-corrected chi connectivity index (χ1v) is 9.29. The van der Waals surface area contributed by atoms with Gasteiger partial charge in [-0.15, -0.1) is 0 Å². The second kappa shape index (κ2) is 8.31. The molecule has 0 amide bonds. The lowest BCUT2D eigenvalue weighted by molar-refractivity contribution is -0.144. The highest BCUT2D eigenvalue weighted by atomic mass is 16.5. The summed E-state index contributed by atoms with van der Waals surface area (Å²) < 4.78 is 20.6. The van der Waals surface area contributed by atoms with Crippen LogP contribution in [-0.2, 0) is 27.3 Å². The number of rotatable bonds is 6. The molecule has 0 radical (unpaired) electrons. The van der Waals surface area contributed by atoms with Gasteiger partial charge in [0.2, 0.25) is 0 Å². The van der Waals surface area contributed by atoms with Gasteiger partial charge in [-0.05, 0) is 30.3 Å². The number of carbonyl (C=O) groups is 2. The number of furan rings is 1.